The molecule has 382 valence electrons. The second-order valence-corrected chi connectivity index (χ2v) is 18.8. The quantitative estimate of drug-likeness (QED) is 0.0379. The second-order valence-electron chi connectivity index (χ2n) is 18.0. The predicted octanol–water partition coefficient (Wildman–Crippen LogP) is 8.75. The van der Waals surface area contributed by atoms with Crippen LogP contribution in [-0.2, 0) is 9.47 Å². The molecule has 7 heterocycles. The van der Waals surface area contributed by atoms with E-state index in [1.165, 1.54) is 7.11 Å². The van der Waals surface area contributed by atoms with E-state index in [1.807, 2.05) is 44.2 Å². The fraction of sp³-hybridized carbons (Fsp3) is 0.385. The molecule has 8 N–H and O–H groups in total. The highest BCUT2D eigenvalue weighted by atomic mass is 35.5. The van der Waals surface area contributed by atoms with Crippen molar-refractivity contribution in [3.05, 3.63) is 106 Å². The molecule has 3 aliphatic rings. The van der Waals surface area contributed by atoms with Gasteiger partial charge in [-0.1, -0.05) is 35.3 Å². The molecule has 0 saturated carbocycles. The monoisotopic (exact) mass is 1030 g/mol. The number of aromatic amines is 2. The third kappa shape index (κ3) is 11.2. The summed E-state index contributed by atoms with van der Waals surface area (Å²) in [7, 11) is 4.72. The lowest BCUT2D eigenvalue weighted by molar-refractivity contribution is -0.0146. The lowest BCUT2D eigenvalue weighted by atomic mass is 9.94. The van der Waals surface area contributed by atoms with Crippen molar-refractivity contribution in [1.82, 2.24) is 30.6 Å². The largest absolute Gasteiger partial charge is 0.493 e. The first-order valence-electron chi connectivity index (χ1n) is 23.7. The predicted molar refractivity (Wildman–Crippen MR) is 275 cm³/mol. The first kappa shape index (κ1) is 51.8. The molecule has 20 heteroatoms. The minimum atomic E-state index is -0.510. The van der Waals surface area contributed by atoms with E-state index in [4.69, 9.17) is 51.6 Å². The Bertz CT molecular complexity index is 2870. The number of para-hydroxylation sites is 2. The van der Waals surface area contributed by atoms with Crippen molar-refractivity contribution in [2.75, 3.05) is 78.1 Å². The van der Waals surface area contributed by atoms with Gasteiger partial charge in [0.1, 0.15) is 24.7 Å². The molecule has 1 fully saturated rings. The molecule has 0 spiro atoms. The number of methoxy groups -OCH3 is 3. The zero-order valence-corrected chi connectivity index (χ0v) is 42.3. The molecule has 0 aliphatic carbocycles. The van der Waals surface area contributed by atoms with Gasteiger partial charge in [-0.3, -0.25) is 19.6 Å². The molecular weight excluding hydrogens is 968 g/mol. The number of rotatable bonds is 19. The molecule has 0 bridgehead atoms. The van der Waals surface area contributed by atoms with E-state index in [0.29, 0.717) is 123 Å². The lowest BCUT2D eigenvalue weighted by Gasteiger charge is -2.23. The number of anilines is 4. The van der Waals surface area contributed by atoms with Gasteiger partial charge in [-0.05, 0) is 75.9 Å². The average Bonchev–Trinajstić information content (AvgIpc) is 4.14. The van der Waals surface area contributed by atoms with Gasteiger partial charge in [-0.25, -0.2) is 0 Å². The number of aliphatic hydroxyl groups excluding tert-OH is 2. The minimum Gasteiger partial charge on any atom is -0.493 e. The minimum absolute atomic E-state index is 0.00418. The van der Waals surface area contributed by atoms with Crippen LogP contribution < -0.4 is 40.2 Å². The summed E-state index contributed by atoms with van der Waals surface area (Å²) in [5.74, 6) is 1.44. The first-order chi connectivity index (χ1) is 34.9. The average molecular weight is 1030 g/mol. The van der Waals surface area contributed by atoms with Crippen LogP contribution in [0.2, 0.25) is 10.0 Å². The summed E-state index contributed by atoms with van der Waals surface area (Å²) >= 11 is 12.7. The van der Waals surface area contributed by atoms with Gasteiger partial charge in [0.25, 0.3) is 11.8 Å². The maximum atomic E-state index is 13.1. The van der Waals surface area contributed by atoms with E-state index < -0.39 is 5.60 Å². The summed E-state index contributed by atoms with van der Waals surface area (Å²) in [6.07, 6.45) is 9.67. The van der Waals surface area contributed by atoms with Crippen molar-refractivity contribution < 1.29 is 48.2 Å². The van der Waals surface area contributed by atoms with E-state index in [-0.39, 0.29) is 43.0 Å². The number of halogens is 2. The Morgan fingerprint density at radius 2 is 1.24 bits per heavy atom. The standard InChI is InChI=1S/C26H29ClN4O5.C26H31ClN4O5/c1-34-25-18(27)5-2-6-19(25)30-24-21-22(15(8-10-32)12-29-26(21)33)31-23(24)17-7-9-28-13-20(17)36-14-16-4-3-11-35-16;1-26(2,35-4)14-36-19-13-28-10-8-16(19)22-23(30-18-7-5-6-17(27)24(18)34-3)20-21(31-22)15(9-11-32)12-29-25(20)33/h2,5-7,9,13,15-16,30-32H,3-4,8,10-12,14H2,1H3,(H,29,33);5-8,10,13,15,30-32H,9,11-12,14H2,1-4H3,(H,29,33)/t15-,16-;15-/m00/s1. The van der Waals surface area contributed by atoms with Gasteiger partial charge in [0.2, 0.25) is 0 Å². The van der Waals surface area contributed by atoms with E-state index in [0.717, 1.165) is 36.4 Å². The number of carbonyl (C=O) groups excluding carboxylic acids is 2. The van der Waals surface area contributed by atoms with Crippen LogP contribution in [0.15, 0.2) is 73.3 Å². The summed E-state index contributed by atoms with van der Waals surface area (Å²) in [5, 5.41) is 32.8. The number of ether oxygens (including phenoxy) is 6. The third-order valence-electron chi connectivity index (χ3n) is 12.8. The van der Waals surface area contributed by atoms with Crippen LogP contribution in [-0.4, -0.2) is 121 Å². The molecule has 3 atom stereocenters. The second kappa shape index (κ2) is 23.3. The van der Waals surface area contributed by atoms with E-state index in [9.17, 15) is 19.8 Å². The lowest BCUT2D eigenvalue weighted by Crippen LogP contribution is -2.35. The highest BCUT2D eigenvalue weighted by Crippen LogP contribution is 2.47. The number of hydrogen-bond donors (Lipinski definition) is 8. The number of nitrogens with zero attached hydrogens (tertiary/aromatic N) is 2. The Kier molecular flexibility index (Phi) is 16.8. The summed E-state index contributed by atoms with van der Waals surface area (Å²) < 4.78 is 34.6. The van der Waals surface area contributed by atoms with E-state index >= 15 is 0 Å². The number of nitrogens with one attached hydrogen (secondary N) is 6. The van der Waals surface area contributed by atoms with Crippen molar-refractivity contribution in [1.29, 1.82) is 0 Å². The SMILES string of the molecule is COc1c(Cl)cccc1Nc1c(-c2ccncc2OCC(C)(C)OC)[nH]c2c1C(=O)NC[C@@H]2CCO.COc1c(Cl)cccc1Nc1c(-c2ccncc2OC[C@@H]2CCCO2)[nH]c2c1C(=O)NC[C@@H]2CCO. The number of pyridine rings is 2. The molecular formula is C52H60Cl2N8O10. The molecule has 9 rings (SSSR count). The smallest absolute Gasteiger partial charge is 0.255 e. The number of amides is 2. The van der Waals surface area contributed by atoms with E-state index in [2.05, 4.69) is 41.2 Å². The number of H-pyrrole nitrogens is 2. The van der Waals surface area contributed by atoms with Gasteiger partial charge in [0, 0.05) is 86.8 Å². The summed E-state index contributed by atoms with van der Waals surface area (Å²) in [6, 6.07) is 14.4. The fourth-order valence-corrected chi connectivity index (χ4v) is 9.47. The molecule has 18 nitrogen and oxygen atoms in total. The summed E-state index contributed by atoms with van der Waals surface area (Å²) in [4.78, 5) is 41.7. The van der Waals surface area contributed by atoms with Crippen molar-refractivity contribution in [2.24, 2.45) is 0 Å². The van der Waals surface area contributed by atoms with Gasteiger partial charge < -0.3 is 69.9 Å². The van der Waals surface area contributed by atoms with Crippen molar-refractivity contribution >= 4 is 57.8 Å². The van der Waals surface area contributed by atoms with Gasteiger partial charge in [-0.2, -0.15) is 0 Å². The Morgan fingerprint density at radius 3 is 1.68 bits per heavy atom. The number of hydrogen-bond acceptors (Lipinski definition) is 14. The Hall–Kier alpha value is -6.54. The molecule has 6 aromatic rings. The molecule has 0 radical (unpaired) electrons. The van der Waals surface area contributed by atoms with Crippen LogP contribution in [0.25, 0.3) is 22.5 Å². The molecule has 2 aromatic carbocycles. The molecule has 4 aromatic heterocycles. The maximum absolute atomic E-state index is 13.1. The van der Waals surface area contributed by atoms with Crippen LogP contribution >= 0.6 is 23.2 Å². The summed E-state index contributed by atoms with van der Waals surface area (Å²) in [5.41, 5.74) is 7.05. The van der Waals surface area contributed by atoms with Gasteiger partial charge in [0.15, 0.2) is 11.5 Å². The van der Waals surface area contributed by atoms with Crippen LogP contribution in [0.5, 0.6) is 23.0 Å². The van der Waals surface area contributed by atoms with E-state index in [1.54, 1.807) is 57.2 Å². The highest BCUT2D eigenvalue weighted by Gasteiger charge is 2.36. The number of aliphatic hydroxyl groups is 2. The molecule has 0 unspecified atom stereocenters. The zero-order valence-electron chi connectivity index (χ0n) is 40.7. The topological polar surface area (TPSA) is 235 Å². The Morgan fingerprint density at radius 1 is 0.736 bits per heavy atom. The maximum Gasteiger partial charge on any atom is 0.255 e. The fourth-order valence-electron chi connectivity index (χ4n) is 8.96. The van der Waals surface area contributed by atoms with Crippen LogP contribution in [0, 0.1) is 0 Å². The molecule has 1 saturated heterocycles. The number of aromatic nitrogens is 4. The van der Waals surface area contributed by atoms with Gasteiger partial charge in [0.05, 0.1) is 93.6 Å². The first-order valence-corrected chi connectivity index (χ1v) is 24.5. The van der Waals surface area contributed by atoms with Crippen molar-refractivity contribution in [2.45, 2.75) is 63.1 Å². The highest BCUT2D eigenvalue weighted by molar-refractivity contribution is 6.33. The third-order valence-corrected chi connectivity index (χ3v) is 13.4. The van der Waals surface area contributed by atoms with Crippen LogP contribution in [0.4, 0.5) is 22.7 Å². The summed E-state index contributed by atoms with van der Waals surface area (Å²) in [6.45, 7) is 6.17. The number of fused-ring (bicyclic) bond motifs is 2. The van der Waals surface area contributed by atoms with Crippen LogP contribution in [0.3, 0.4) is 0 Å². The molecule has 3 aliphatic heterocycles. The Labute approximate surface area is 427 Å². The number of benzene rings is 2. The van der Waals surface area contributed by atoms with Crippen molar-refractivity contribution in [3.63, 3.8) is 0 Å². The van der Waals surface area contributed by atoms with Gasteiger partial charge >= 0.3 is 0 Å². The number of carbonyl (C=O) groups is 2. The molecule has 72 heavy (non-hydrogen) atoms. The van der Waals surface area contributed by atoms with Gasteiger partial charge in [-0.15, -0.1) is 0 Å². The molecule has 2 amide bonds. The Balaban J connectivity index is 0.000000193. The normalized spacial score (nSPS) is 17.2. The van der Waals surface area contributed by atoms with Crippen LogP contribution in [0.1, 0.15) is 83.5 Å². The van der Waals surface area contributed by atoms with Crippen molar-refractivity contribution in [3.8, 4) is 45.5 Å². The zero-order chi connectivity index (χ0) is 50.9.